The van der Waals surface area contributed by atoms with Crippen LogP contribution in [0.4, 0.5) is 13.2 Å². The Labute approximate surface area is 123 Å². The number of hydrogen-bond acceptors (Lipinski definition) is 3. The van der Waals surface area contributed by atoms with Crippen LogP contribution in [0.15, 0.2) is 24.3 Å². The standard InChI is InChI=1S/C15H22F3NO2/c1-14(2,3)13(8-9-20)19-10-11-6-4-5-7-12(11)21-15(16,17)18/h4-7,13,19-20H,8-10H2,1-3H3. The van der Waals surface area contributed by atoms with Gasteiger partial charge in [0.05, 0.1) is 0 Å². The third-order valence-electron chi connectivity index (χ3n) is 3.20. The van der Waals surface area contributed by atoms with Crippen LogP contribution in [0.5, 0.6) is 5.75 Å². The van der Waals surface area contributed by atoms with Gasteiger partial charge in [-0.25, -0.2) is 0 Å². The van der Waals surface area contributed by atoms with E-state index in [9.17, 15) is 13.2 Å². The van der Waals surface area contributed by atoms with Crippen molar-refractivity contribution < 1.29 is 23.0 Å². The smallest absolute Gasteiger partial charge is 0.405 e. The van der Waals surface area contributed by atoms with E-state index in [-0.39, 0.29) is 30.4 Å². The first-order chi connectivity index (χ1) is 9.63. The van der Waals surface area contributed by atoms with Crippen molar-refractivity contribution >= 4 is 0 Å². The minimum atomic E-state index is -4.70. The van der Waals surface area contributed by atoms with E-state index in [1.165, 1.54) is 12.1 Å². The largest absolute Gasteiger partial charge is 0.573 e. The molecule has 0 radical (unpaired) electrons. The predicted octanol–water partition coefficient (Wildman–Crippen LogP) is 3.47. The number of benzene rings is 1. The van der Waals surface area contributed by atoms with Gasteiger partial charge in [0.25, 0.3) is 0 Å². The Bertz CT molecular complexity index is 441. The van der Waals surface area contributed by atoms with Gasteiger partial charge in [0.15, 0.2) is 0 Å². The van der Waals surface area contributed by atoms with Gasteiger partial charge >= 0.3 is 6.36 Å². The van der Waals surface area contributed by atoms with Crippen LogP contribution < -0.4 is 10.1 Å². The highest BCUT2D eigenvalue weighted by Gasteiger charge is 2.32. The van der Waals surface area contributed by atoms with Crippen LogP contribution in [0.25, 0.3) is 0 Å². The second kappa shape index (κ2) is 7.13. The van der Waals surface area contributed by atoms with Crippen LogP contribution >= 0.6 is 0 Å². The molecule has 0 saturated carbocycles. The Kier molecular flexibility index (Phi) is 6.04. The lowest BCUT2D eigenvalue weighted by Crippen LogP contribution is -2.40. The van der Waals surface area contributed by atoms with E-state index in [0.29, 0.717) is 12.0 Å². The third kappa shape index (κ3) is 6.35. The van der Waals surface area contributed by atoms with Gasteiger partial charge in [0, 0.05) is 24.8 Å². The summed E-state index contributed by atoms with van der Waals surface area (Å²) in [6, 6.07) is 6.04. The van der Waals surface area contributed by atoms with Crippen molar-refractivity contribution in [1.82, 2.24) is 5.32 Å². The molecule has 0 amide bonds. The molecular weight excluding hydrogens is 283 g/mol. The normalized spacial score (nSPS) is 14.0. The molecule has 0 aromatic heterocycles. The fourth-order valence-corrected chi connectivity index (χ4v) is 2.08. The lowest BCUT2D eigenvalue weighted by Gasteiger charge is -2.31. The highest BCUT2D eigenvalue weighted by Crippen LogP contribution is 2.27. The average molecular weight is 305 g/mol. The van der Waals surface area contributed by atoms with Crippen LogP contribution in [-0.2, 0) is 6.54 Å². The number of aliphatic hydroxyl groups excluding tert-OH is 1. The van der Waals surface area contributed by atoms with E-state index in [1.807, 2.05) is 20.8 Å². The van der Waals surface area contributed by atoms with Gasteiger partial charge < -0.3 is 15.2 Å². The highest BCUT2D eigenvalue weighted by atomic mass is 19.4. The van der Waals surface area contributed by atoms with Gasteiger partial charge in [-0.3, -0.25) is 0 Å². The zero-order valence-electron chi connectivity index (χ0n) is 12.5. The minimum Gasteiger partial charge on any atom is -0.405 e. The summed E-state index contributed by atoms with van der Waals surface area (Å²) in [7, 11) is 0. The first-order valence-electron chi connectivity index (χ1n) is 6.81. The van der Waals surface area contributed by atoms with E-state index in [0.717, 1.165) is 0 Å². The number of rotatable bonds is 6. The molecule has 0 spiro atoms. The Morgan fingerprint density at radius 3 is 2.33 bits per heavy atom. The number of hydrogen-bond donors (Lipinski definition) is 2. The molecule has 6 heteroatoms. The zero-order valence-corrected chi connectivity index (χ0v) is 12.5. The third-order valence-corrected chi connectivity index (χ3v) is 3.20. The molecule has 0 saturated heterocycles. The molecule has 0 bridgehead atoms. The van der Waals surface area contributed by atoms with Gasteiger partial charge in [-0.15, -0.1) is 13.2 Å². The molecule has 1 aromatic rings. The Hall–Kier alpha value is -1.27. The summed E-state index contributed by atoms with van der Waals surface area (Å²) in [6.45, 7) is 6.30. The average Bonchev–Trinajstić information content (AvgIpc) is 2.33. The molecular formula is C15H22F3NO2. The predicted molar refractivity (Wildman–Crippen MR) is 74.9 cm³/mol. The number of alkyl halides is 3. The minimum absolute atomic E-state index is 0.0126. The summed E-state index contributed by atoms with van der Waals surface area (Å²) in [5, 5.41) is 12.3. The maximum absolute atomic E-state index is 12.4. The van der Waals surface area contributed by atoms with Gasteiger partial charge in [-0.2, -0.15) is 0 Å². The van der Waals surface area contributed by atoms with Crippen LogP contribution in [0.3, 0.4) is 0 Å². The molecule has 0 aliphatic carbocycles. The summed E-state index contributed by atoms with van der Waals surface area (Å²) in [5.74, 6) is -0.200. The lowest BCUT2D eigenvalue weighted by atomic mass is 9.85. The maximum atomic E-state index is 12.4. The van der Waals surface area contributed by atoms with E-state index in [2.05, 4.69) is 10.1 Å². The molecule has 0 fully saturated rings. The molecule has 1 unspecified atom stereocenters. The van der Waals surface area contributed by atoms with E-state index < -0.39 is 6.36 Å². The number of halogens is 3. The van der Waals surface area contributed by atoms with Crippen LogP contribution in [0.2, 0.25) is 0 Å². The second-order valence-electron chi connectivity index (χ2n) is 5.97. The summed E-state index contributed by atoms with van der Waals surface area (Å²) in [4.78, 5) is 0. The zero-order chi connectivity index (χ0) is 16.1. The van der Waals surface area contributed by atoms with Crippen LogP contribution in [-0.4, -0.2) is 24.1 Å². The van der Waals surface area contributed by atoms with Crippen molar-refractivity contribution in [3.05, 3.63) is 29.8 Å². The number of para-hydroxylation sites is 1. The maximum Gasteiger partial charge on any atom is 0.573 e. The van der Waals surface area contributed by atoms with E-state index >= 15 is 0 Å². The SMILES string of the molecule is CC(C)(C)C(CCO)NCc1ccccc1OC(F)(F)F. The summed E-state index contributed by atoms with van der Waals surface area (Å²) in [6.07, 6.45) is -4.17. The second-order valence-corrected chi connectivity index (χ2v) is 5.97. The molecule has 1 rings (SSSR count). The molecule has 1 aromatic carbocycles. The van der Waals surface area contributed by atoms with Crippen molar-refractivity contribution in [1.29, 1.82) is 0 Å². The van der Waals surface area contributed by atoms with Gasteiger partial charge in [-0.05, 0) is 17.9 Å². The van der Waals surface area contributed by atoms with Crippen molar-refractivity contribution in [3.8, 4) is 5.75 Å². The monoisotopic (exact) mass is 305 g/mol. The van der Waals surface area contributed by atoms with E-state index in [1.54, 1.807) is 12.1 Å². The first kappa shape index (κ1) is 17.8. The van der Waals surface area contributed by atoms with E-state index in [4.69, 9.17) is 5.11 Å². The highest BCUT2D eigenvalue weighted by molar-refractivity contribution is 5.33. The summed E-state index contributed by atoms with van der Waals surface area (Å²) >= 11 is 0. The van der Waals surface area contributed by atoms with Crippen molar-refractivity contribution in [2.75, 3.05) is 6.61 Å². The van der Waals surface area contributed by atoms with Gasteiger partial charge in [-0.1, -0.05) is 39.0 Å². The van der Waals surface area contributed by atoms with Gasteiger partial charge in [0.2, 0.25) is 0 Å². The molecule has 2 N–H and O–H groups in total. The van der Waals surface area contributed by atoms with Crippen molar-refractivity contribution in [3.63, 3.8) is 0 Å². The first-order valence-corrected chi connectivity index (χ1v) is 6.81. The van der Waals surface area contributed by atoms with Crippen molar-refractivity contribution in [2.24, 2.45) is 5.41 Å². The molecule has 21 heavy (non-hydrogen) atoms. The summed E-state index contributed by atoms with van der Waals surface area (Å²) in [5.41, 5.74) is 0.324. The molecule has 3 nitrogen and oxygen atoms in total. The van der Waals surface area contributed by atoms with Crippen LogP contribution in [0.1, 0.15) is 32.8 Å². The molecule has 0 aliphatic rings. The fourth-order valence-electron chi connectivity index (χ4n) is 2.08. The fraction of sp³-hybridized carbons (Fsp3) is 0.600. The molecule has 0 aliphatic heterocycles. The molecule has 1 atom stereocenters. The number of aliphatic hydroxyl groups is 1. The Balaban J connectivity index is 2.78. The van der Waals surface area contributed by atoms with Gasteiger partial charge in [0.1, 0.15) is 5.75 Å². The molecule has 120 valence electrons. The van der Waals surface area contributed by atoms with Crippen LogP contribution in [0, 0.1) is 5.41 Å². The summed E-state index contributed by atoms with van der Waals surface area (Å²) < 4.78 is 41.1. The topological polar surface area (TPSA) is 41.5 Å². The Morgan fingerprint density at radius 1 is 1.19 bits per heavy atom. The number of nitrogens with one attached hydrogen (secondary N) is 1. The molecule has 0 heterocycles. The van der Waals surface area contributed by atoms with Crippen molar-refractivity contribution in [2.45, 2.75) is 46.1 Å². The Morgan fingerprint density at radius 2 is 1.81 bits per heavy atom. The number of ether oxygens (including phenoxy) is 1. The lowest BCUT2D eigenvalue weighted by molar-refractivity contribution is -0.274. The quantitative estimate of drug-likeness (QED) is 0.845.